The summed E-state index contributed by atoms with van der Waals surface area (Å²) in [6.45, 7) is 3.48. The summed E-state index contributed by atoms with van der Waals surface area (Å²) in [6.07, 6.45) is 2.41. The van der Waals surface area contributed by atoms with E-state index in [9.17, 15) is 4.79 Å². The predicted octanol–water partition coefficient (Wildman–Crippen LogP) is 3.58. The molecule has 2 N–H and O–H groups in total. The van der Waals surface area contributed by atoms with Crippen molar-refractivity contribution < 1.29 is 9.90 Å². The van der Waals surface area contributed by atoms with Crippen molar-refractivity contribution in [2.45, 2.75) is 20.3 Å². The molecular weight excluding hydrogens is 282 g/mol. The molecule has 0 bridgehead atoms. The highest BCUT2D eigenvalue weighted by Crippen LogP contribution is 2.27. The number of aliphatic carboxylic acids is 1. The topological polar surface area (TPSA) is 53.1 Å². The van der Waals surface area contributed by atoms with E-state index in [-0.39, 0.29) is 0 Å². The van der Waals surface area contributed by atoms with Crippen LogP contribution in [0.3, 0.4) is 0 Å². The Balaban J connectivity index is 2.34. The van der Waals surface area contributed by atoms with Crippen LogP contribution in [-0.4, -0.2) is 16.1 Å². The Morgan fingerprint density at radius 1 is 1.47 bits per heavy atom. The van der Waals surface area contributed by atoms with Crippen LogP contribution in [0, 0.1) is 5.41 Å². The number of carbonyl (C=O) groups is 1. The first kappa shape index (κ1) is 12.2. The minimum absolute atomic E-state index is 0.523. The van der Waals surface area contributed by atoms with Crippen LogP contribution in [0.25, 0.3) is 10.9 Å². The van der Waals surface area contributed by atoms with Gasteiger partial charge in [0.15, 0.2) is 0 Å². The van der Waals surface area contributed by atoms with Crippen LogP contribution in [0.15, 0.2) is 28.9 Å². The van der Waals surface area contributed by atoms with Gasteiger partial charge in [0.2, 0.25) is 0 Å². The highest BCUT2D eigenvalue weighted by atomic mass is 79.9. The fourth-order valence-electron chi connectivity index (χ4n) is 1.83. The number of H-pyrrole nitrogens is 1. The van der Waals surface area contributed by atoms with Crippen molar-refractivity contribution in [3.8, 4) is 0 Å². The van der Waals surface area contributed by atoms with E-state index >= 15 is 0 Å². The van der Waals surface area contributed by atoms with Crippen LogP contribution in [-0.2, 0) is 11.2 Å². The van der Waals surface area contributed by atoms with E-state index in [2.05, 4.69) is 20.9 Å². The lowest BCUT2D eigenvalue weighted by atomic mass is 9.86. The molecule has 0 aliphatic heterocycles. The van der Waals surface area contributed by atoms with Gasteiger partial charge in [0, 0.05) is 21.6 Å². The normalized spacial score (nSPS) is 11.9. The van der Waals surface area contributed by atoms with E-state index in [0.717, 1.165) is 20.9 Å². The maximum absolute atomic E-state index is 11.1. The number of rotatable bonds is 3. The monoisotopic (exact) mass is 295 g/mol. The quantitative estimate of drug-likeness (QED) is 0.909. The van der Waals surface area contributed by atoms with E-state index in [1.165, 1.54) is 0 Å². The zero-order valence-corrected chi connectivity index (χ0v) is 11.3. The van der Waals surface area contributed by atoms with E-state index in [1.54, 1.807) is 13.8 Å². The minimum atomic E-state index is -0.773. The largest absolute Gasteiger partial charge is 0.481 e. The number of nitrogens with one attached hydrogen (secondary N) is 1. The number of carboxylic acids is 1. The molecule has 0 unspecified atom stereocenters. The van der Waals surface area contributed by atoms with E-state index in [4.69, 9.17) is 5.11 Å². The number of aromatic amines is 1. The minimum Gasteiger partial charge on any atom is -0.481 e. The molecular formula is C13H14BrNO2. The first-order valence-corrected chi connectivity index (χ1v) is 6.18. The lowest BCUT2D eigenvalue weighted by Crippen LogP contribution is -2.26. The first-order chi connectivity index (χ1) is 7.90. The number of aromatic nitrogens is 1. The molecule has 0 saturated carbocycles. The molecule has 2 rings (SSSR count). The van der Waals surface area contributed by atoms with Gasteiger partial charge in [-0.1, -0.05) is 12.1 Å². The van der Waals surface area contributed by atoms with Crippen LogP contribution in [0.1, 0.15) is 19.4 Å². The van der Waals surface area contributed by atoms with Crippen LogP contribution < -0.4 is 0 Å². The van der Waals surface area contributed by atoms with Gasteiger partial charge in [-0.15, -0.1) is 0 Å². The summed E-state index contributed by atoms with van der Waals surface area (Å²) < 4.78 is 1.02. The van der Waals surface area contributed by atoms with Gasteiger partial charge >= 0.3 is 5.97 Å². The van der Waals surface area contributed by atoms with Crippen LogP contribution >= 0.6 is 15.9 Å². The van der Waals surface area contributed by atoms with Crippen LogP contribution in [0.2, 0.25) is 0 Å². The average molecular weight is 296 g/mol. The van der Waals surface area contributed by atoms with E-state index in [1.807, 2.05) is 24.4 Å². The van der Waals surface area contributed by atoms with Crippen LogP contribution in [0.5, 0.6) is 0 Å². The zero-order chi connectivity index (χ0) is 12.6. The SMILES string of the molecule is CC(C)(Cc1ccc2c(Br)c[nH]c2c1)C(=O)O. The number of hydrogen-bond donors (Lipinski definition) is 2. The molecule has 0 aliphatic carbocycles. The summed E-state index contributed by atoms with van der Waals surface area (Å²) in [6, 6.07) is 5.99. The maximum atomic E-state index is 11.1. The van der Waals surface area contributed by atoms with Gasteiger partial charge in [-0.2, -0.15) is 0 Å². The van der Waals surface area contributed by atoms with Crippen molar-refractivity contribution in [2.24, 2.45) is 5.41 Å². The summed E-state index contributed by atoms with van der Waals surface area (Å²) in [5.41, 5.74) is 1.31. The molecule has 3 nitrogen and oxygen atoms in total. The van der Waals surface area contributed by atoms with Gasteiger partial charge in [0.25, 0.3) is 0 Å². The molecule has 0 spiro atoms. The second-order valence-corrected chi connectivity index (χ2v) is 5.74. The molecule has 4 heteroatoms. The maximum Gasteiger partial charge on any atom is 0.309 e. The summed E-state index contributed by atoms with van der Waals surface area (Å²) in [5, 5.41) is 10.2. The van der Waals surface area contributed by atoms with E-state index in [0.29, 0.717) is 6.42 Å². The van der Waals surface area contributed by atoms with Gasteiger partial charge < -0.3 is 10.1 Å². The first-order valence-electron chi connectivity index (χ1n) is 5.39. The van der Waals surface area contributed by atoms with Crippen molar-refractivity contribution in [1.82, 2.24) is 4.98 Å². The molecule has 90 valence electrons. The summed E-state index contributed by atoms with van der Waals surface area (Å²) in [4.78, 5) is 14.2. The lowest BCUT2D eigenvalue weighted by molar-refractivity contribution is -0.146. The Labute approximate surface area is 108 Å². The summed E-state index contributed by atoms with van der Waals surface area (Å²) >= 11 is 3.45. The second-order valence-electron chi connectivity index (χ2n) is 4.88. The van der Waals surface area contributed by atoms with Crippen molar-refractivity contribution >= 4 is 32.8 Å². The third-order valence-corrected chi connectivity index (χ3v) is 3.58. The number of hydrogen-bond acceptors (Lipinski definition) is 1. The van der Waals surface area contributed by atoms with Gasteiger partial charge in [0.1, 0.15) is 0 Å². The highest BCUT2D eigenvalue weighted by molar-refractivity contribution is 9.10. The molecule has 1 heterocycles. The van der Waals surface area contributed by atoms with Gasteiger partial charge in [-0.3, -0.25) is 4.79 Å². The standard InChI is InChI=1S/C13H14BrNO2/c1-13(2,12(16)17)6-8-3-4-9-10(14)7-15-11(9)5-8/h3-5,7,15H,6H2,1-2H3,(H,16,17). The fourth-order valence-corrected chi connectivity index (χ4v) is 2.29. The van der Waals surface area contributed by atoms with Crippen molar-refractivity contribution in [1.29, 1.82) is 0 Å². The summed E-state index contributed by atoms with van der Waals surface area (Å²) in [7, 11) is 0. The number of fused-ring (bicyclic) bond motifs is 1. The molecule has 0 aliphatic rings. The van der Waals surface area contributed by atoms with Gasteiger partial charge in [-0.05, 0) is 47.8 Å². The summed E-state index contributed by atoms with van der Waals surface area (Å²) in [5.74, 6) is -0.773. The Morgan fingerprint density at radius 2 is 2.18 bits per heavy atom. The van der Waals surface area contributed by atoms with Gasteiger partial charge in [0.05, 0.1) is 5.41 Å². The van der Waals surface area contributed by atoms with Crippen molar-refractivity contribution in [3.63, 3.8) is 0 Å². The third kappa shape index (κ3) is 2.36. The Hall–Kier alpha value is -1.29. The fraction of sp³-hybridized carbons (Fsp3) is 0.308. The Bertz CT molecular complexity index is 572. The average Bonchev–Trinajstić information content (AvgIpc) is 2.59. The molecule has 0 fully saturated rings. The lowest BCUT2D eigenvalue weighted by Gasteiger charge is -2.18. The Morgan fingerprint density at radius 3 is 2.82 bits per heavy atom. The molecule has 0 saturated heterocycles. The molecule has 17 heavy (non-hydrogen) atoms. The molecule has 2 aromatic rings. The molecule has 1 aromatic carbocycles. The zero-order valence-electron chi connectivity index (χ0n) is 9.75. The predicted molar refractivity (Wildman–Crippen MR) is 71.1 cm³/mol. The van der Waals surface area contributed by atoms with Crippen molar-refractivity contribution in [2.75, 3.05) is 0 Å². The van der Waals surface area contributed by atoms with E-state index < -0.39 is 11.4 Å². The smallest absolute Gasteiger partial charge is 0.309 e. The second kappa shape index (κ2) is 4.18. The number of carboxylic acid groups (broad SMARTS) is 1. The number of halogens is 1. The highest BCUT2D eigenvalue weighted by Gasteiger charge is 2.27. The van der Waals surface area contributed by atoms with Crippen LogP contribution in [0.4, 0.5) is 0 Å². The van der Waals surface area contributed by atoms with Crippen molar-refractivity contribution in [3.05, 3.63) is 34.4 Å². The molecule has 0 atom stereocenters. The third-order valence-electron chi connectivity index (χ3n) is 2.92. The molecule has 0 radical (unpaired) electrons. The Kier molecular flexibility index (Phi) is 3.00. The molecule has 0 amide bonds. The number of benzene rings is 1. The molecule has 1 aromatic heterocycles. The van der Waals surface area contributed by atoms with Gasteiger partial charge in [-0.25, -0.2) is 0 Å².